The standard InChI is InChI=1S/C13H14BrClN2O/c1-17-9-10(8-16-17)4-5-18-12-2-3-13(14)11(6-12)7-15/h2-3,6,8-9H,4-5,7H2,1H3. The van der Waals surface area contributed by atoms with Crippen molar-refractivity contribution in [2.24, 2.45) is 7.05 Å². The topological polar surface area (TPSA) is 27.1 Å². The summed E-state index contributed by atoms with van der Waals surface area (Å²) in [4.78, 5) is 0. The molecule has 2 rings (SSSR count). The molecule has 0 atom stereocenters. The van der Waals surface area contributed by atoms with E-state index in [2.05, 4.69) is 21.0 Å². The largest absolute Gasteiger partial charge is 0.493 e. The summed E-state index contributed by atoms with van der Waals surface area (Å²) in [5.41, 5.74) is 2.21. The van der Waals surface area contributed by atoms with Crippen LogP contribution >= 0.6 is 27.5 Å². The zero-order valence-electron chi connectivity index (χ0n) is 10.1. The van der Waals surface area contributed by atoms with Crippen LogP contribution in [0.25, 0.3) is 0 Å². The molecular formula is C13H14BrClN2O. The number of ether oxygens (including phenoxy) is 1. The van der Waals surface area contributed by atoms with Gasteiger partial charge in [-0.2, -0.15) is 5.10 Å². The molecule has 0 fully saturated rings. The molecule has 2 aromatic rings. The smallest absolute Gasteiger partial charge is 0.119 e. The van der Waals surface area contributed by atoms with Crippen molar-refractivity contribution in [2.45, 2.75) is 12.3 Å². The van der Waals surface area contributed by atoms with Crippen LogP contribution in [0.3, 0.4) is 0 Å². The van der Waals surface area contributed by atoms with E-state index in [-0.39, 0.29) is 0 Å². The van der Waals surface area contributed by atoms with Gasteiger partial charge >= 0.3 is 0 Å². The molecule has 0 aliphatic carbocycles. The van der Waals surface area contributed by atoms with Gasteiger partial charge in [0.05, 0.1) is 12.8 Å². The number of hydrogen-bond acceptors (Lipinski definition) is 2. The van der Waals surface area contributed by atoms with E-state index in [0.29, 0.717) is 12.5 Å². The van der Waals surface area contributed by atoms with Crippen LogP contribution in [0.2, 0.25) is 0 Å². The second-order valence-corrected chi connectivity index (χ2v) is 5.13. The highest BCUT2D eigenvalue weighted by Crippen LogP contribution is 2.24. The molecule has 18 heavy (non-hydrogen) atoms. The average Bonchev–Trinajstić information content (AvgIpc) is 2.77. The number of aryl methyl sites for hydroxylation is 1. The number of nitrogens with zero attached hydrogens (tertiary/aromatic N) is 2. The molecule has 0 spiro atoms. The van der Waals surface area contributed by atoms with Crippen molar-refractivity contribution < 1.29 is 4.74 Å². The Labute approximate surface area is 120 Å². The number of rotatable bonds is 5. The van der Waals surface area contributed by atoms with E-state index in [4.69, 9.17) is 16.3 Å². The SMILES string of the molecule is Cn1cc(CCOc2ccc(Br)c(CCl)c2)cn1. The lowest BCUT2D eigenvalue weighted by molar-refractivity contribution is 0.321. The Kier molecular flexibility index (Phi) is 4.66. The number of halogens is 2. The maximum absolute atomic E-state index is 5.84. The lowest BCUT2D eigenvalue weighted by Crippen LogP contribution is -2.01. The number of benzene rings is 1. The summed E-state index contributed by atoms with van der Waals surface area (Å²) >= 11 is 9.29. The van der Waals surface area contributed by atoms with Crippen LogP contribution in [0.15, 0.2) is 35.1 Å². The van der Waals surface area contributed by atoms with E-state index in [9.17, 15) is 0 Å². The van der Waals surface area contributed by atoms with Gasteiger partial charge in [0.15, 0.2) is 0 Å². The first-order valence-electron chi connectivity index (χ1n) is 5.64. The lowest BCUT2D eigenvalue weighted by atomic mass is 10.2. The summed E-state index contributed by atoms with van der Waals surface area (Å²) < 4.78 is 8.50. The molecule has 5 heteroatoms. The van der Waals surface area contributed by atoms with Crippen LogP contribution in [-0.4, -0.2) is 16.4 Å². The van der Waals surface area contributed by atoms with Crippen LogP contribution < -0.4 is 4.74 Å². The van der Waals surface area contributed by atoms with E-state index < -0.39 is 0 Å². The lowest BCUT2D eigenvalue weighted by Gasteiger charge is -2.07. The first-order valence-corrected chi connectivity index (χ1v) is 6.96. The summed E-state index contributed by atoms with van der Waals surface area (Å²) in [6.07, 6.45) is 4.70. The summed E-state index contributed by atoms with van der Waals surface area (Å²) in [6.45, 7) is 0.634. The first-order chi connectivity index (χ1) is 8.69. The van der Waals surface area contributed by atoms with Gasteiger partial charge < -0.3 is 4.74 Å². The van der Waals surface area contributed by atoms with E-state index in [1.165, 1.54) is 5.56 Å². The predicted octanol–water partition coefficient (Wildman–Crippen LogP) is 3.54. The summed E-state index contributed by atoms with van der Waals surface area (Å²) in [5.74, 6) is 1.32. The molecule has 1 heterocycles. The molecule has 1 aromatic carbocycles. The second-order valence-electron chi connectivity index (χ2n) is 4.01. The van der Waals surface area contributed by atoms with E-state index >= 15 is 0 Å². The summed E-state index contributed by atoms with van der Waals surface area (Å²) in [7, 11) is 1.91. The van der Waals surface area contributed by atoms with E-state index in [1.807, 2.05) is 37.6 Å². The molecule has 0 unspecified atom stereocenters. The van der Waals surface area contributed by atoms with Crippen LogP contribution in [0.5, 0.6) is 5.75 Å². The van der Waals surface area contributed by atoms with Gasteiger partial charge in [-0.3, -0.25) is 4.68 Å². The van der Waals surface area contributed by atoms with Crippen molar-refractivity contribution in [3.05, 3.63) is 46.2 Å². The second kappa shape index (κ2) is 6.25. The summed E-state index contributed by atoms with van der Waals surface area (Å²) in [6, 6.07) is 5.85. The Hall–Kier alpha value is -1.00. The van der Waals surface area contributed by atoms with Crippen LogP contribution in [0, 0.1) is 0 Å². The Morgan fingerprint density at radius 2 is 2.28 bits per heavy atom. The molecular weight excluding hydrogens is 316 g/mol. The van der Waals surface area contributed by atoms with Crippen LogP contribution in [0.1, 0.15) is 11.1 Å². The third-order valence-electron chi connectivity index (χ3n) is 2.58. The number of hydrogen-bond donors (Lipinski definition) is 0. The van der Waals surface area contributed by atoms with Crippen LogP contribution in [0.4, 0.5) is 0 Å². The zero-order valence-corrected chi connectivity index (χ0v) is 12.4. The Balaban J connectivity index is 1.90. The minimum absolute atomic E-state index is 0.473. The fourth-order valence-corrected chi connectivity index (χ4v) is 2.40. The van der Waals surface area contributed by atoms with Gasteiger partial charge in [-0.25, -0.2) is 0 Å². The first kappa shape index (κ1) is 13.4. The molecule has 0 saturated heterocycles. The average molecular weight is 330 g/mol. The molecule has 0 aliphatic heterocycles. The van der Waals surface area contributed by atoms with Gasteiger partial charge in [0.25, 0.3) is 0 Å². The molecule has 96 valence electrons. The van der Waals surface area contributed by atoms with Gasteiger partial charge in [-0.05, 0) is 29.3 Å². The molecule has 0 aliphatic rings. The van der Waals surface area contributed by atoms with Gasteiger partial charge in [-0.1, -0.05) is 15.9 Å². The maximum atomic E-state index is 5.84. The van der Waals surface area contributed by atoms with Gasteiger partial charge in [0.2, 0.25) is 0 Å². The van der Waals surface area contributed by atoms with Crippen molar-refractivity contribution in [1.29, 1.82) is 0 Å². The molecule has 0 bridgehead atoms. The highest BCUT2D eigenvalue weighted by Gasteiger charge is 2.02. The zero-order chi connectivity index (χ0) is 13.0. The van der Waals surface area contributed by atoms with Crippen molar-refractivity contribution in [2.75, 3.05) is 6.61 Å². The quantitative estimate of drug-likeness (QED) is 0.785. The van der Waals surface area contributed by atoms with Gasteiger partial charge in [-0.15, -0.1) is 11.6 Å². The fraction of sp³-hybridized carbons (Fsp3) is 0.308. The number of aromatic nitrogens is 2. The molecule has 1 aromatic heterocycles. The van der Waals surface area contributed by atoms with Gasteiger partial charge in [0.1, 0.15) is 5.75 Å². The van der Waals surface area contributed by atoms with Gasteiger partial charge in [0, 0.05) is 30.0 Å². The number of alkyl halides is 1. The molecule has 0 amide bonds. The molecule has 0 N–H and O–H groups in total. The Morgan fingerprint density at radius 1 is 1.44 bits per heavy atom. The maximum Gasteiger partial charge on any atom is 0.119 e. The molecule has 0 saturated carbocycles. The highest BCUT2D eigenvalue weighted by molar-refractivity contribution is 9.10. The third kappa shape index (κ3) is 3.50. The van der Waals surface area contributed by atoms with Crippen molar-refractivity contribution in [1.82, 2.24) is 9.78 Å². The molecule has 0 radical (unpaired) electrons. The van der Waals surface area contributed by atoms with E-state index in [0.717, 1.165) is 22.2 Å². The fourth-order valence-electron chi connectivity index (χ4n) is 1.63. The van der Waals surface area contributed by atoms with Crippen molar-refractivity contribution >= 4 is 27.5 Å². The normalized spacial score (nSPS) is 10.6. The van der Waals surface area contributed by atoms with Crippen molar-refractivity contribution in [3.8, 4) is 5.75 Å². The monoisotopic (exact) mass is 328 g/mol. The van der Waals surface area contributed by atoms with Crippen LogP contribution in [-0.2, 0) is 19.3 Å². The Morgan fingerprint density at radius 3 is 2.94 bits per heavy atom. The minimum atomic E-state index is 0.473. The van der Waals surface area contributed by atoms with E-state index in [1.54, 1.807) is 4.68 Å². The predicted molar refractivity (Wildman–Crippen MR) is 76.1 cm³/mol. The Bertz CT molecular complexity index is 527. The third-order valence-corrected chi connectivity index (χ3v) is 3.64. The molecule has 3 nitrogen and oxygen atoms in total. The van der Waals surface area contributed by atoms with Crippen molar-refractivity contribution in [3.63, 3.8) is 0 Å². The minimum Gasteiger partial charge on any atom is -0.493 e. The summed E-state index contributed by atoms with van der Waals surface area (Å²) in [5, 5.41) is 4.12. The highest BCUT2D eigenvalue weighted by atomic mass is 79.9.